The Morgan fingerprint density at radius 1 is 1.47 bits per heavy atom. The Morgan fingerprint density at radius 3 is 2.59 bits per heavy atom. The van der Waals surface area contributed by atoms with Gasteiger partial charge in [0.25, 0.3) is 11.6 Å². The van der Waals surface area contributed by atoms with E-state index in [1.54, 1.807) is 19.9 Å². The molecule has 0 saturated heterocycles. The first-order chi connectivity index (χ1) is 7.87. The predicted molar refractivity (Wildman–Crippen MR) is 61.7 cm³/mol. The molecule has 92 valence electrons. The number of carbonyl (C=O) groups excluding carboxylic acids is 1. The minimum atomic E-state index is -0.819. The van der Waals surface area contributed by atoms with Crippen LogP contribution < -0.4 is 5.32 Å². The third-order valence-corrected chi connectivity index (χ3v) is 2.19. The van der Waals surface area contributed by atoms with E-state index in [1.165, 1.54) is 18.2 Å². The second-order valence-corrected chi connectivity index (χ2v) is 4.27. The van der Waals surface area contributed by atoms with Crippen LogP contribution in [0, 0.1) is 10.1 Å². The highest BCUT2D eigenvalue weighted by Gasteiger charge is 2.24. The number of benzene rings is 1. The van der Waals surface area contributed by atoms with E-state index in [9.17, 15) is 14.9 Å². The first-order valence-corrected chi connectivity index (χ1v) is 5.04. The van der Waals surface area contributed by atoms with Gasteiger partial charge in [-0.05, 0) is 19.9 Å². The number of aliphatic hydroxyl groups excluding tert-OH is 1. The minimum absolute atomic E-state index is 0.0148. The van der Waals surface area contributed by atoms with E-state index >= 15 is 0 Å². The smallest absolute Gasteiger partial charge is 0.282 e. The Bertz CT molecular complexity index is 443. The van der Waals surface area contributed by atoms with Crippen LogP contribution in [0.5, 0.6) is 0 Å². The molecule has 0 aliphatic heterocycles. The number of amides is 1. The lowest BCUT2D eigenvalue weighted by Crippen LogP contribution is -2.46. The van der Waals surface area contributed by atoms with E-state index in [2.05, 4.69) is 5.32 Å². The Morgan fingerprint density at radius 2 is 2.06 bits per heavy atom. The molecule has 0 atom stereocenters. The molecule has 0 aliphatic carbocycles. The number of rotatable bonds is 4. The monoisotopic (exact) mass is 238 g/mol. The first kappa shape index (κ1) is 13.1. The lowest BCUT2D eigenvalue weighted by atomic mass is 10.1. The molecule has 1 rings (SSSR count). The second-order valence-electron chi connectivity index (χ2n) is 4.27. The van der Waals surface area contributed by atoms with Crippen molar-refractivity contribution in [3.63, 3.8) is 0 Å². The largest absolute Gasteiger partial charge is 0.394 e. The summed E-state index contributed by atoms with van der Waals surface area (Å²) in [6.45, 7) is 3.00. The summed E-state index contributed by atoms with van der Waals surface area (Å²) >= 11 is 0. The van der Waals surface area contributed by atoms with Crippen molar-refractivity contribution in [2.24, 2.45) is 0 Å². The standard InChI is InChI=1S/C11H14N2O4/c1-11(2,7-14)12-10(15)8-5-3-4-6-9(8)13(16)17/h3-6,14H,7H2,1-2H3,(H,12,15). The van der Waals surface area contributed by atoms with Crippen molar-refractivity contribution in [1.82, 2.24) is 5.32 Å². The van der Waals surface area contributed by atoms with E-state index in [-0.39, 0.29) is 17.9 Å². The van der Waals surface area contributed by atoms with Crippen LogP contribution >= 0.6 is 0 Å². The van der Waals surface area contributed by atoms with Gasteiger partial charge >= 0.3 is 0 Å². The first-order valence-electron chi connectivity index (χ1n) is 5.04. The molecule has 1 aromatic carbocycles. The molecule has 2 N–H and O–H groups in total. The summed E-state index contributed by atoms with van der Waals surface area (Å²) in [5, 5.41) is 22.3. The fourth-order valence-corrected chi connectivity index (χ4v) is 1.24. The number of nitrogens with zero attached hydrogens (tertiary/aromatic N) is 1. The Labute approximate surface area is 98.4 Å². The molecule has 17 heavy (non-hydrogen) atoms. The van der Waals surface area contributed by atoms with Crippen LogP contribution in [-0.2, 0) is 0 Å². The lowest BCUT2D eigenvalue weighted by molar-refractivity contribution is -0.385. The van der Waals surface area contributed by atoms with Crippen molar-refractivity contribution in [2.45, 2.75) is 19.4 Å². The van der Waals surface area contributed by atoms with Gasteiger partial charge in [-0.3, -0.25) is 14.9 Å². The van der Waals surface area contributed by atoms with Crippen LogP contribution in [0.3, 0.4) is 0 Å². The maximum Gasteiger partial charge on any atom is 0.282 e. The third kappa shape index (κ3) is 3.25. The van der Waals surface area contributed by atoms with Crippen molar-refractivity contribution in [3.05, 3.63) is 39.9 Å². The number of nitro benzene ring substituents is 1. The molecular weight excluding hydrogens is 224 g/mol. The zero-order valence-electron chi connectivity index (χ0n) is 9.64. The molecule has 6 nitrogen and oxygen atoms in total. The quantitative estimate of drug-likeness (QED) is 0.606. The summed E-state index contributed by atoms with van der Waals surface area (Å²) in [4.78, 5) is 21.9. The van der Waals surface area contributed by atoms with Crippen LogP contribution in [0.25, 0.3) is 0 Å². The number of nitro groups is 1. The summed E-state index contributed by atoms with van der Waals surface area (Å²) in [5.74, 6) is -0.573. The molecule has 0 fully saturated rings. The molecule has 1 aromatic rings. The SMILES string of the molecule is CC(C)(CO)NC(=O)c1ccccc1[N+](=O)[O-]. The van der Waals surface area contributed by atoms with E-state index in [4.69, 9.17) is 5.11 Å². The van der Waals surface area contributed by atoms with Gasteiger partial charge in [-0.2, -0.15) is 0 Å². The van der Waals surface area contributed by atoms with Crippen LogP contribution in [0.15, 0.2) is 24.3 Å². The summed E-state index contributed by atoms with van der Waals surface area (Å²) in [5.41, 5.74) is -1.08. The molecule has 0 heterocycles. The van der Waals surface area contributed by atoms with Gasteiger partial charge in [-0.25, -0.2) is 0 Å². The lowest BCUT2D eigenvalue weighted by Gasteiger charge is -2.23. The average Bonchev–Trinajstić information content (AvgIpc) is 2.28. The van der Waals surface area contributed by atoms with Gasteiger partial charge in [-0.1, -0.05) is 12.1 Å². The molecule has 0 bridgehead atoms. The number of hydrogen-bond acceptors (Lipinski definition) is 4. The Kier molecular flexibility index (Phi) is 3.80. The van der Waals surface area contributed by atoms with Crippen molar-refractivity contribution in [3.8, 4) is 0 Å². The summed E-state index contributed by atoms with van der Waals surface area (Å²) in [6.07, 6.45) is 0. The Balaban J connectivity index is 3.01. The maximum absolute atomic E-state index is 11.8. The highest BCUT2D eigenvalue weighted by atomic mass is 16.6. The van der Waals surface area contributed by atoms with Crippen molar-refractivity contribution < 1.29 is 14.8 Å². The number of aliphatic hydroxyl groups is 1. The van der Waals surface area contributed by atoms with Crippen LogP contribution in [0.2, 0.25) is 0 Å². The minimum Gasteiger partial charge on any atom is -0.394 e. The number of hydrogen-bond donors (Lipinski definition) is 2. The number of nitrogens with one attached hydrogen (secondary N) is 1. The van der Waals surface area contributed by atoms with Crippen molar-refractivity contribution in [2.75, 3.05) is 6.61 Å². The van der Waals surface area contributed by atoms with Crippen LogP contribution in [-0.4, -0.2) is 28.1 Å². The van der Waals surface area contributed by atoms with Gasteiger partial charge in [-0.15, -0.1) is 0 Å². The second kappa shape index (κ2) is 4.92. The van der Waals surface area contributed by atoms with E-state index in [0.29, 0.717) is 0 Å². The zero-order valence-corrected chi connectivity index (χ0v) is 9.64. The fraction of sp³-hybridized carbons (Fsp3) is 0.364. The molecule has 0 saturated carbocycles. The average molecular weight is 238 g/mol. The van der Waals surface area contributed by atoms with Gasteiger partial charge in [0.15, 0.2) is 0 Å². The van der Waals surface area contributed by atoms with Crippen LogP contribution in [0.1, 0.15) is 24.2 Å². The van der Waals surface area contributed by atoms with Crippen molar-refractivity contribution >= 4 is 11.6 Å². The highest BCUT2D eigenvalue weighted by molar-refractivity contribution is 5.98. The highest BCUT2D eigenvalue weighted by Crippen LogP contribution is 2.18. The van der Waals surface area contributed by atoms with Gasteiger partial charge in [0.2, 0.25) is 0 Å². The molecule has 6 heteroatoms. The van der Waals surface area contributed by atoms with E-state index in [0.717, 1.165) is 0 Å². The molecular formula is C11H14N2O4. The topological polar surface area (TPSA) is 92.5 Å². The van der Waals surface area contributed by atoms with E-state index < -0.39 is 16.4 Å². The van der Waals surface area contributed by atoms with Gasteiger partial charge in [0, 0.05) is 6.07 Å². The molecule has 0 aliphatic rings. The number of para-hydroxylation sites is 1. The van der Waals surface area contributed by atoms with E-state index in [1.807, 2.05) is 0 Å². The van der Waals surface area contributed by atoms with Crippen LogP contribution in [0.4, 0.5) is 5.69 Å². The summed E-state index contributed by atoms with van der Waals surface area (Å²) < 4.78 is 0. The zero-order chi connectivity index (χ0) is 13.1. The molecule has 1 amide bonds. The Hall–Kier alpha value is -1.95. The number of carbonyl (C=O) groups is 1. The maximum atomic E-state index is 11.8. The van der Waals surface area contributed by atoms with Crippen molar-refractivity contribution in [1.29, 1.82) is 0 Å². The molecule has 0 unspecified atom stereocenters. The van der Waals surface area contributed by atoms with Gasteiger partial charge in [0.05, 0.1) is 17.1 Å². The summed E-state index contributed by atoms with van der Waals surface area (Å²) in [7, 11) is 0. The fourth-order valence-electron chi connectivity index (χ4n) is 1.24. The van der Waals surface area contributed by atoms with Gasteiger partial charge in [0.1, 0.15) is 5.56 Å². The predicted octanol–water partition coefficient (Wildman–Crippen LogP) is 1.10. The third-order valence-electron chi connectivity index (χ3n) is 2.19. The molecule has 0 radical (unpaired) electrons. The van der Waals surface area contributed by atoms with Gasteiger partial charge < -0.3 is 10.4 Å². The molecule has 0 aromatic heterocycles. The summed E-state index contributed by atoms with van der Waals surface area (Å²) in [6, 6.07) is 5.68. The molecule has 0 spiro atoms. The normalized spacial score (nSPS) is 11.0.